The fourth-order valence-electron chi connectivity index (χ4n) is 2.67. The number of anilines is 2. The smallest absolute Gasteiger partial charge is 0.237 e. The molecule has 1 atom stereocenters. The summed E-state index contributed by atoms with van der Waals surface area (Å²) in [4.78, 5) is 26.1. The second-order valence-corrected chi connectivity index (χ2v) is 9.03. The van der Waals surface area contributed by atoms with Crippen LogP contribution in [-0.4, -0.2) is 33.3 Å². The zero-order valence-corrected chi connectivity index (χ0v) is 16.9. The molecule has 1 unspecified atom stereocenters. The number of amides is 2. The maximum Gasteiger partial charge on any atom is 0.237 e. The predicted octanol–water partition coefficient (Wildman–Crippen LogP) is 3.79. The van der Waals surface area contributed by atoms with Gasteiger partial charge in [-0.1, -0.05) is 41.3 Å². The van der Waals surface area contributed by atoms with Crippen LogP contribution in [-0.2, 0) is 9.59 Å². The lowest BCUT2D eigenvalue weighted by atomic mass is 10.1. The number of nitrogens with one attached hydrogen (secondary N) is 1. The Kier molecular flexibility index (Phi) is 5.62. The Hall–Kier alpha value is -1.93. The first kappa shape index (κ1) is 18.8. The highest BCUT2D eigenvalue weighted by Crippen LogP contribution is 2.37. The van der Waals surface area contributed by atoms with Crippen LogP contribution in [0.5, 0.6) is 0 Å². The molecule has 1 N–H and O–H groups in total. The lowest BCUT2D eigenvalue weighted by Crippen LogP contribution is -2.30. The van der Waals surface area contributed by atoms with Crippen molar-refractivity contribution in [2.24, 2.45) is 0 Å². The van der Waals surface area contributed by atoms with Crippen LogP contribution in [0.3, 0.4) is 0 Å². The monoisotopic (exact) mass is 390 g/mol. The SMILES string of the molecule is CC(=O)N(c1nnc(SC(C)C(=O)Nc2c(C)cccc2C)s1)C1CC1. The number of carbonyl (C=O) groups is 2. The fraction of sp³-hybridized carbons (Fsp3) is 0.444. The van der Waals surface area contributed by atoms with Crippen molar-refractivity contribution in [2.45, 2.75) is 56.2 Å². The highest BCUT2D eigenvalue weighted by Gasteiger charge is 2.34. The van der Waals surface area contributed by atoms with E-state index in [2.05, 4.69) is 15.5 Å². The van der Waals surface area contributed by atoms with Crippen molar-refractivity contribution in [2.75, 3.05) is 10.2 Å². The summed E-state index contributed by atoms with van der Waals surface area (Å²) in [7, 11) is 0. The summed E-state index contributed by atoms with van der Waals surface area (Å²) in [6.07, 6.45) is 2.02. The number of para-hydroxylation sites is 1. The quantitative estimate of drug-likeness (QED) is 0.600. The van der Waals surface area contributed by atoms with Crippen LogP contribution < -0.4 is 10.2 Å². The molecular formula is C18H22N4O2S2. The minimum absolute atomic E-state index is 0.0129. The Bertz CT molecular complexity index is 812. The van der Waals surface area contributed by atoms with Gasteiger partial charge in [-0.2, -0.15) is 0 Å². The molecule has 1 aliphatic rings. The van der Waals surface area contributed by atoms with E-state index in [-0.39, 0.29) is 23.1 Å². The van der Waals surface area contributed by atoms with Gasteiger partial charge in [0.05, 0.1) is 5.25 Å². The molecule has 26 heavy (non-hydrogen) atoms. The molecule has 0 spiro atoms. The number of benzene rings is 1. The Morgan fingerprint density at radius 1 is 1.27 bits per heavy atom. The van der Waals surface area contributed by atoms with Gasteiger partial charge in [0.1, 0.15) is 0 Å². The number of thioether (sulfide) groups is 1. The number of nitrogens with zero attached hydrogens (tertiary/aromatic N) is 3. The Labute approximate surface area is 161 Å². The van der Waals surface area contributed by atoms with Gasteiger partial charge in [-0.15, -0.1) is 10.2 Å². The molecule has 0 saturated heterocycles. The molecule has 1 fully saturated rings. The molecule has 6 nitrogen and oxygen atoms in total. The van der Waals surface area contributed by atoms with E-state index in [0.29, 0.717) is 9.47 Å². The fourth-order valence-corrected chi connectivity index (χ4v) is 4.77. The van der Waals surface area contributed by atoms with Crippen LogP contribution in [0, 0.1) is 13.8 Å². The number of aryl methyl sites for hydroxylation is 2. The molecule has 1 aliphatic carbocycles. The minimum Gasteiger partial charge on any atom is -0.325 e. The zero-order chi connectivity index (χ0) is 18.8. The molecule has 8 heteroatoms. The maximum absolute atomic E-state index is 12.5. The van der Waals surface area contributed by atoms with E-state index in [1.54, 1.807) is 11.8 Å². The molecule has 1 heterocycles. The van der Waals surface area contributed by atoms with Gasteiger partial charge in [-0.3, -0.25) is 14.5 Å². The number of hydrogen-bond donors (Lipinski definition) is 1. The van der Waals surface area contributed by atoms with Gasteiger partial charge in [0.15, 0.2) is 4.34 Å². The molecule has 2 amide bonds. The van der Waals surface area contributed by atoms with Crippen LogP contribution in [0.1, 0.15) is 37.8 Å². The first-order valence-electron chi connectivity index (χ1n) is 8.54. The average Bonchev–Trinajstić information content (AvgIpc) is 3.30. The van der Waals surface area contributed by atoms with Gasteiger partial charge in [-0.05, 0) is 44.7 Å². The number of hydrogen-bond acceptors (Lipinski definition) is 6. The molecule has 3 rings (SSSR count). The van der Waals surface area contributed by atoms with E-state index in [1.807, 2.05) is 39.0 Å². The first-order valence-corrected chi connectivity index (χ1v) is 10.2. The molecule has 1 aromatic carbocycles. The van der Waals surface area contributed by atoms with Crippen LogP contribution in [0.4, 0.5) is 10.8 Å². The van der Waals surface area contributed by atoms with Crippen molar-refractivity contribution in [3.8, 4) is 0 Å². The minimum atomic E-state index is -0.318. The summed E-state index contributed by atoms with van der Waals surface area (Å²) in [6, 6.07) is 6.18. The Balaban J connectivity index is 1.65. The zero-order valence-electron chi connectivity index (χ0n) is 15.3. The summed E-state index contributed by atoms with van der Waals surface area (Å²) >= 11 is 2.72. The van der Waals surface area contributed by atoms with Crippen molar-refractivity contribution in [1.82, 2.24) is 10.2 Å². The van der Waals surface area contributed by atoms with Gasteiger partial charge in [-0.25, -0.2) is 0 Å². The molecule has 0 bridgehead atoms. The van der Waals surface area contributed by atoms with Gasteiger partial charge in [0.2, 0.25) is 16.9 Å². The third-order valence-corrected chi connectivity index (χ3v) is 6.34. The van der Waals surface area contributed by atoms with Crippen LogP contribution >= 0.6 is 23.1 Å². The lowest BCUT2D eigenvalue weighted by molar-refractivity contribution is -0.117. The van der Waals surface area contributed by atoms with Gasteiger partial charge in [0.25, 0.3) is 0 Å². The average molecular weight is 391 g/mol. The number of rotatable bonds is 6. The summed E-state index contributed by atoms with van der Waals surface area (Å²) in [5, 5.41) is 11.6. The molecule has 2 aromatic rings. The maximum atomic E-state index is 12.5. The summed E-state index contributed by atoms with van der Waals surface area (Å²) in [6.45, 7) is 7.35. The normalized spacial score (nSPS) is 14.8. The number of aromatic nitrogens is 2. The van der Waals surface area contributed by atoms with E-state index in [0.717, 1.165) is 29.7 Å². The van der Waals surface area contributed by atoms with Crippen molar-refractivity contribution in [1.29, 1.82) is 0 Å². The Morgan fingerprint density at radius 2 is 1.92 bits per heavy atom. The van der Waals surface area contributed by atoms with Gasteiger partial charge < -0.3 is 5.32 Å². The highest BCUT2D eigenvalue weighted by atomic mass is 32.2. The standard InChI is InChI=1S/C18H22N4O2S2/c1-10-6-5-7-11(2)15(10)19-16(24)12(3)25-18-21-20-17(26-18)22(13(4)23)14-8-9-14/h5-7,12,14H,8-9H2,1-4H3,(H,19,24). The van der Waals surface area contributed by atoms with Crippen molar-refractivity contribution < 1.29 is 9.59 Å². The molecule has 138 valence electrons. The largest absolute Gasteiger partial charge is 0.325 e. The molecule has 0 aliphatic heterocycles. The molecule has 1 aromatic heterocycles. The molecular weight excluding hydrogens is 368 g/mol. The second-order valence-electron chi connectivity index (χ2n) is 6.49. The van der Waals surface area contributed by atoms with Crippen LogP contribution in [0.15, 0.2) is 22.5 Å². The number of carbonyl (C=O) groups excluding carboxylic acids is 2. The van der Waals surface area contributed by atoms with Crippen molar-refractivity contribution in [3.63, 3.8) is 0 Å². The molecule has 0 radical (unpaired) electrons. The van der Waals surface area contributed by atoms with E-state index in [9.17, 15) is 9.59 Å². The topological polar surface area (TPSA) is 75.2 Å². The van der Waals surface area contributed by atoms with E-state index < -0.39 is 0 Å². The van der Waals surface area contributed by atoms with Crippen molar-refractivity contribution in [3.05, 3.63) is 29.3 Å². The van der Waals surface area contributed by atoms with Crippen molar-refractivity contribution >= 4 is 45.7 Å². The van der Waals surface area contributed by atoms with Crippen LogP contribution in [0.25, 0.3) is 0 Å². The van der Waals surface area contributed by atoms with Gasteiger partial charge >= 0.3 is 0 Å². The highest BCUT2D eigenvalue weighted by molar-refractivity contribution is 8.02. The van der Waals surface area contributed by atoms with E-state index >= 15 is 0 Å². The Morgan fingerprint density at radius 3 is 2.50 bits per heavy atom. The van der Waals surface area contributed by atoms with E-state index in [1.165, 1.54) is 23.1 Å². The third-order valence-electron chi connectivity index (χ3n) is 4.23. The lowest BCUT2D eigenvalue weighted by Gasteiger charge is -2.15. The summed E-state index contributed by atoms with van der Waals surface area (Å²) in [5.74, 6) is -0.0872. The van der Waals surface area contributed by atoms with E-state index in [4.69, 9.17) is 0 Å². The predicted molar refractivity (Wildman–Crippen MR) is 106 cm³/mol. The van der Waals surface area contributed by atoms with Crippen LogP contribution in [0.2, 0.25) is 0 Å². The first-order chi connectivity index (χ1) is 12.4. The third kappa shape index (κ3) is 4.24. The summed E-state index contributed by atoms with van der Waals surface area (Å²) < 4.78 is 0.691. The van der Waals surface area contributed by atoms with Gasteiger partial charge in [0, 0.05) is 18.7 Å². The molecule has 1 saturated carbocycles. The summed E-state index contributed by atoms with van der Waals surface area (Å²) in [5.41, 5.74) is 2.94. The second kappa shape index (κ2) is 7.75.